The Morgan fingerprint density at radius 1 is 1.43 bits per heavy atom. The van der Waals surface area contributed by atoms with Crippen LogP contribution in [0, 0.1) is 15.5 Å². The van der Waals surface area contributed by atoms with Gasteiger partial charge in [-0.3, -0.25) is 19.7 Å². The fourth-order valence-corrected chi connectivity index (χ4v) is 2.64. The van der Waals surface area contributed by atoms with Gasteiger partial charge in [0.15, 0.2) is 0 Å². The molecule has 8 heteroatoms. The molecule has 0 heterocycles. The molecule has 0 aromatic heterocycles. The molecule has 2 rings (SSSR count). The van der Waals surface area contributed by atoms with E-state index >= 15 is 0 Å². The largest absolute Gasteiger partial charge is 0.481 e. The van der Waals surface area contributed by atoms with E-state index in [2.05, 4.69) is 21.2 Å². The molecule has 0 unspecified atom stereocenters. The van der Waals surface area contributed by atoms with Crippen LogP contribution in [0.5, 0.6) is 0 Å². The van der Waals surface area contributed by atoms with Gasteiger partial charge in [-0.1, -0.05) is 6.42 Å². The molecule has 0 bridgehead atoms. The van der Waals surface area contributed by atoms with Crippen molar-refractivity contribution in [1.82, 2.24) is 5.32 Å². The fraction of sp³-hybridized carbons (Fsp3) is 0.385. The first kappa shape index (κ1) is 15.4. The van der Waals surface area contributed by atoms with Crippen LogP contribution >= 0.6 is 15.9 Å². The van der Waals surface area contributed by atoms with Crippen molar-refractivity contribution in [2.24, 2.45) is 5.41 Å². The lowest BCUT2D eigenvalue weighted by Crippen LogP contribution is -2.47. The predicted molar refractivity (Wildman–Crippen MR) is 77.0 cm³/mol. The number of hydrogen-bond acceptors (Lipinski definition) is 4. The number of non-ortho nitro benzene ring substituents is 1. The monoisotopic (exact) mass is 356 g/mol. The number of carbonyl (C=O) groups is 2. The van der Waals surface area contributed by atoms with Crippen LogP contribution in [0.25, 0.3) is 0 Å². The van der Waals surface area contributed by atoms with Gasteiger partial charge in [0.05, 0.1) is 15.9 Å². The molecular weight excluding hydrogens is 344 g/mol. The van der Waals surface area contributed by atoms with Gasteiger partial charge < -0.3 is 10.4 Å². The zero-order chi connectivity index (χ0) is 15.6. The van der Waals surface area contributed by atoms with Gasteiger partial charge in [-0.25, -0.2) is 0 Å². The van der Waals surface area contributed by atoms with E-state index in [-0.39, 0.29) is 17.8 Å². The fourth-order valence-electron chi connectivity index (χ4n) is 2.22. The Morgan fingerprint density at radius 3 is 2.57 bits per heavy atom. The number of carboxylic acids is 1. The molecule has 1 fully saturated rings. The van der Waals surface area contributed by atoms with Crippen molar-refractivity contribution in [2.45, 2.75) is 19.3 Å². The van der Waals surface area contributed by atoms with Gasteiger partial charge >= 0.3 is 5.97 Å². The quantitative estimate of drug-likeness (QED) is 0.621. The average molecular weight is 357 g/mol. The number of rotatable bonds is 5. The summed E-state index contributed by atoms with van der Waals surface area (Å²) >= 11 is 3.16. The molecule has 2 N–H and O–H groups in total. The van der Waals surface area contributed by atoms with Gasteiger partial charge in [-0.15, -0.1) is 0 Å². The van der Waals surface area contributed by atoms with Gasteiger partial charge in [0.2, 0.25) is 0 Å². The van der Waals surface area contributed by atoms with E-state index in [0.717, 1.165) is 12.5 Å². The molecule has 1 saturated carbocycles. The van der Waals surface area contributed by atoms with Gasteiger partial charge in [0.1, 0.15) is 0 Å². The summed E-state index contributed by atoms with van der Waals surface area (Å²) in [7, 11) is 0. The number of amides is 1. The standard InChI is InChI=1S/C13H13BrN2O5/c14-10-3-2-8(16(20)21)6-9(10)11(17)15-7-13(12(18)19)4-1-5-13/h2-3,6H,1,4-5,7H2,(H,15,17)(H,18,19). The number of hydrogen-bond donors (Lipinski definition) is 2. The Kier molecular flexibility index (Phi) is 4.26. The summed E-state index contributed by atoms with van der Waals surface area (Å²) in [5.41, 5.74) is -0.980. The minimum absolute atomic E-state index is 0.0241. The summed E-state index contributed by atoms with van der Waals surface area (Å²) in [6, 6.07) is 3.86. The Bertz CT molecular complexity index is 613. The van der Waals surface area contributed by atoms with Crippen molar-refractivity contribution < 1.29 is 19.6 Å². The summed E-state index contributed by atoms with van der Waals surface area (Å²) in [5, 5.41) is 22.5. The van der Waals surface area contributed by atoms with E-state index in [1.54, 1.807) is 0 Å². The first-order chi connectivity index (χ1) is 9.85. The summed E-state index contributed by atoms with van der Waals surface area (Å²) in [5.74, 6) is -1.45. The molecule has 0 saturated heterocycles. The zero-order valence-electron chi connectivity index (χ0n) is 11.0. The maximum Gasteiger partial charge on any atom is 0.311 e. The molecule has 7 nitrogen and oxygen atoms in total. The van der Waals surface area contributed by atoms with Crippen molar-refractivity contribution in [3.63, 3.8) is 0 Å². The van der Waals surface area contributed by atoms with Crippen molar-refractivity contribution >= 4 is 33.5 Å². The highest BCUT2D eigenvalue weighted by Gasteiger charge is 2.44. The predicted octanol–water partition coefficient (Wildman–Crippen LogP) is 2.34. The van der Waals surface area contributed by atoms with Gasteiger partial charge in [0, 0.05) is 23.2 Å². The molecule has 21 heavy (non-hydrogen) atoms. The van der Waals surface area contributed by atoms with Crippen LogP contribution in [0.2, 0.25) is 0 Å². The van der Waals surface area contributed by atoms with Crippen molar-refractivity contribution in [2.75, 3.05) is 6.54 Å². The number of nitro groups is 1. The Balaban J connectivity index is 2.12. The molecule has 0 radical (unpaired) electrons. The summed E-state index contributed by atoms with van der Waals surface area (Å²) < 4.78 is 0.420. The molecule has 1 aromatic carbocycles. The molecule has 1 aliphatic rings. The third-order valence-electron chi connectivity index (χ3n) is 3.76. The van der Waals surface area contributed by atoms with Crippen LogP contribution in [-0.2, 0) is 4.79 Å². The van der Waals surface area contributed by atoms with Crippen LogP contribution in [0.15, 0.2) is 22.7 Å². The first-order valence-electron chi connectivity index (χ1n) is 6.31. The Labute approximate surface area is 128 Å². The number of carboxylic acid groups (broad SMARTS) is 1. The number of aliphatic carboxylic acids is 1. The number of nitro benzene ring substituents is 1. The van der Waals surface area contributed by atoms with E-state index in [0.29, 0.717) is 17.3 Å². The second-order valence-corrected chi connectivity index (χ2v) is 5.90. The third-order valence-corrected chi connectivity index (χ3v) is 4.45. The average Bonchev–Trinajstić information content (AvgIpc) is 2.36. The first-order valence-corrected chi connectivity index (χ1v) is 7.10. The molecule has 0 aliphatic heterocycles. The van der Waals surface area contributed by atoms with Gasteiger partial charge in [0.25, 0.3) is 11.6 Å². The highest BCUT2D eigenvalue weighted by atomic mass is 79.9. The number of nitrogens with zero attached hydrogens (tertiary/aromatic N) is 1. The number of benzene rings is 1. The van der Waals surface area contributed by atoms with Crippen LogP contribution in [0.4, 0.5) is 5.69 Å². The Morgan fingerprint density at radius 2 is 2.10 bits per heavy atom. The molecular formula is C13H13BrN2O5. The van der Waals surface area contributed by atoms with Gasteiger partial charge in [-0.2, -0.15) is 0 Å². The van der Waals surface area contributed by atoms with Crippen LogP contribution in [-0.4, -0.2) is 28.5 Å². The molecule has 1 amide bonds. The van der Waals surface area contributed by atoms with E-state index in [1.165, 1.54) is 12.1 Å². The van der Waals surface area contributed by atoms with Crippen LogP contribution in [0.3, 0.4) is 0 Å². The summed E-state index contributed by atoms with van der Waals surface area (Å²) in [6.07, 6.45) is 1.88. The minimum atomic E-state index is -0.924. The van der Waals surface area contributed by atoms with Crippen LogP contribution < -0.4 is 5.32 Å². The van der Waals surface area contributed by atoms with E-state index in [1.807, 2.05) is 0 Å². The van der Waals surface area contributed by atoms with Crippen molar-refractivity contribution in [1.29, 1.82) is 0 Å². The third kappa shape index (κ3) is 3.05. The lowest BCUT2D eigenvalue weighted by atomic mass is 9.69. The zero-order valence-corrected chi connectivity index (χ0v) is 12.6. The van der Waals surface area contributed by atoms with Crippen molar-refractivity contribution in [3.05, 3.63) is 38.3 Å². The highest BCUT2D eigenvalue weighted by Crippen LogP contribution is 2.40. The van der Waals surface area contributed by atoms with Crippen LogP contribution in [0.1, 0.15) is 29.6 Å². The summed E-state index contributed by atoms with van der Waals surface area (Å²) in [4.78, 5) is 33.4. The lowest BCUT2D eigenvalue weighted by Gasteiger charge is -2.37. The molecule has 112 valence electrons. The second-order valence-electron chi connectivity index (χ2n) is 5.04. The van der Waals surface area contributed by atoms with E-state index < -0.39 is 22.2 Å². The van der Waals surface area contributed by atoms with E-state index in [4.69, 9.17) is 0 Å². The highest BCUT2D eigenvalue weighted by molar-refractivity contribution is 9.10. The Hall–Kier alpha value is -1.96. The number of nitrogens with one attached hydrogen (secondary N) is 1. The topological polar surface area (TPSA) is 110 Å². The number of halogens is 1. The molecule has 1 aliphatic carbocycles. The van der Waals surface area contributed by atoms with E-state index in [9.17, 15) is 24.8 Å². The normalized spacial score (nSPS) is 15.9. The second kappa shape index (κ2) is 5.80. The van der Waals surface area contributed by atoms with Gasteiger partial charge in [-0.05, 0) is 34.8 Å². The number of carbonyl (C=O) groups excluding carboxylic acids is 1. The SMILES string of the molecule is O=C(NCC1(C(=O)O)CCC1)c1cc([N+](=O)[O-])ccc1Br. The summed E-state index contributed by atoms with van der Waals surface area (Å²) in [6.45, 7) is 0.0241. The molecule has 0 spiro atoms. The smallest absolute Gasteiger partial charge is 0.311 e. The maximum absolute atomic E-state index is 12.1. The lowest BCUT2D eigenvalue weighted by molar-refractivity contribution is -0.384. The minimum Gasteiger partial charge on any atom is -0.481 e. The molecule has 1 aromatic rings. The maximum atomic E-state index is 12.1. The van der Waals surface area contributed by atoms with Crippen molar-refractivity contribution in [3.8, 4) is 0 Å². The molecule has 0 atom stereocenters.